The molecule has 0 saturated carbocycles. The van der Waals surface area contributed by atoms with Crippen LogP contribution in [0.5, 0.6) is 0 Å². The lowest BCUT2D eigenvalue weighted by Crippen LogP contribution is -2.19. The van der Waals surface area contributed by atoms with Gasteiger partial charge in [-0.1, -0.05) is 26.7 Å². The molecule has 0 bridgehead atoms. The lowest BCUT2D eigenvalue weighted by molar-refractivity contribution is -0.137. The van der Waals surface area contributed by atoms with E-state index in [1.165, 1.54) is 12.8 Å². The molecule has 0 amide bonds. The first-order chi connectivity index (χ1) is 5.72. The lowest BCUT2D eigenvalue weighted by atomic mass is 9.80. The number of hydrogen-bond donors (Lipinski definition) is 0. The molecule has 0 spiro atoms. The Kier molecular flexibility index (Phi) is 3.12. The standard InChI is InChI=1S/C10H18O2/c1-3-5-6-10(4-2)7-9(11)12-8-10/h3-8H2,1-2H3. The molecule has 1 aliphatic heterocycles. The second kappa shape index (κ2) is 3.92. The Morgan fingerprint density at radius 1 is 1.50 bits per heavy atom. The molecule has 2 nitrogen and oxygen atoms in total. The molecular formula is C10H18O2. The topological polar surface area (TPSA) is 26.3 Å². The molecule has 1 aliphatic rings. The zero-order chi connectivity index (χ0) is 9.03. The molecule has 1 saturated heterocycles. The third kappa shape index (κ3) is 1.99. The smallest absolute Gasteiger partial charge is 0.306 e. The van der Waals surface area contributed by atoms with Crippen molar-refractivity contribution in [3.05, 3.63) is 0 Å². The first-order valence-electron chi connectivity index (χ1n) is 4.88. The Morgan fingerprint density at radius 3 is 2.67 bits per heavy atom. The van der Waals surface area contributed by atoms with Crippen LogP contribution in [0.3, 0.4) is 0 Å². The van der Waals surface area contributed by atoms with E-state index in [4.69, 9.17) is 4.74 Å². The summed E-state index contributed by atoms with van der Waals surface area (Å²) in [6, 6.07) is 0. The third-order valence-corrected chi connectivity index (χ3v) is 2.87. The van der Waals surface area contributed by atoms with Crippen molar-refractivity contribution in [2.45, 2.75) is 46.0 Å². The van der Waals surface area contributed by atoms with Crippen LogP contribution in [0.15, 0.2) is 0 Å². The third-order valence-electron chi connectivity index (χ3n) is 2.87. The Balaban J connectivity index is 2.46. The van der Waals surface area contributed by atoms with Crippen LogP contribution >= 0.6 is 0 Å². The van der Waals surface area contributed by atoms with E-state index < -0.39 is 0 Å². The number of esters is 1. The Hall–Kier alpha value is -0.530. The number of carbonyl (C=O) groups excluding carboxylic acids is 1. The van der Waals surface area contributed by atoms with Gasteiger partial charge in [0.25, 0.3) is 0 Å². The molecule has 1 atom stereocenters. The molecule has 1 heterocycles. The predicted molar refractivity (Wildman–Crippen MR) is 47.8 cm³/mol. The largest absolute Gasteiger partial charge is 0.465 e. The molecule has 1 fully saturated rings. The predicted octanol–water partition coefficient (Wildman–Crippen LogP) is 2.52. The van der Waals surface area contributed by atoms with Gasteiger partial charge in [0.1, 0.15) is 0 Å². The fourth-order valence-electron chi connectivity index (χ4n) is 1.76. The van der Waals surface area contributed by atoms with Crippen LogP contribution in [0.25, 0.3) is 0 Å². The van der Waals surface area contributed by atoms with Crippen molar-refractivity contribution in [3.8, 4) is 0 Å². The Labute approximate surface area is 74.3 Å². The van der Waals surface area contributed by atoms with Gasteiger partial charge in [-0.25, -0.2) is 0 Å². The van der Waals surface area contributed by atoms with E-state index in [2.05, 4.69) is 13.8 Å². The van der Waals surface area contributed by atoms with Crippen LogP contribution in [-0.4, -0.2) is 12.6 Å². The van der Waals surface area contributed by atoms with Gasteiger partial charge in [-0.15, -0.1) is 0 Å². The summed E-state index contributed by atoms with van der Waals surface area (Å²) >= 11 is 0. The quantitative estimate of drug-likeness (QED) is 0.606. The molecule has 0 aromatic carbocycles. The van der Waals surface area contributed by atoms with Crippen LogP contribution in [0.1, 0.15) is 46.0 Å². The van der Waals surface area contributed by atoms with Gasteiger partial charge >= 0.3 is 5.97 Å². The van der Waals surface area contributed by atoms with E-state index in [1.54, 1.807) is 0 Å². The minimum Gasteiger partial charge on any atom is -0.465 e. The molecular weight excluding hydrogens is 152 g/mol. The van der Waals surface area contributed by atoms with E-state index >= 15 is 0 Å². The molecule has 1 rings (SSSR count). The second-order valence-electron chi connectivity index (χ2n) is 3.79. The molecule has 1 unspecified atom stereocenters. The number of ether oxygens (including phenoxy) is 1. The van der Waals surface area contributed by atoms with E-state index in [9.17, 15) is 4.79 Å². The van der Waals surface area contributed by atoms with Crippen molar-refractivity contribution in [2.75, 3.05) is 6.61 Å². The average Bonchev–Trinajstić information content (AvgIpc) is 2.45. The molecule has 0 aromatic heterocycles. The molecule has 2 heteroatoms. The number of unbranched alkanes of at least 4 members (excludes halogenated alkanes) is 1. The first kappa shape index (κ1) is 9.56. The van der Waals surface area contributed by atoms with Gasteiger partial charge in [0.05, 0.1) is 13.0 Å². The Morgan fingerprint density at radius 2 is 2.25 bits per heavy atom. The summed E-state index contributed by atoms with van der Waals surface area (Å²) in [5.74, 6) is -0.00652. The highest BCUT2D eigenvalue weighted by molar-refractivity contribution is 5.72. The van der Waals surface area contributed by atoms with Gasteiger partial charge in [0.2, 0.25) is 0 Å². The number of hydrogen-bond acceptors (Lipinski definition) is 2. The Bertz CT molecular complexity index is 165. The van der Waals surface area contributed by atoms with Crippen LogP contribution in [0.4, 0.5) is 0 Å². The maximum Gasteiger partial charge on any atom is 0.306 e. The van der Waals surface area contributed by atoms with E-state index in [1.807, 2.05) is 0 Å². The normalized spacial score (nSPS) is 29.0. The van der Waals surface area contributed by atoms with Crippen LogP contribution in [-0.2, 0) is 9.53 Å². The molecule has 0 radical (unpaired) electrons. The van der Waals surface area contributed by atoms with Crippen molar-refractivity contribution in [1.29, 1.82) is 0 Å². The SMILES string of the molecule is CCCCC1(CC)COC(=O)C1. The van der Waals surface area contributed by atoms with Crippen molar-refractivity contribution in [3.63, 3.8) is 0 Å². The molecule has 12 heavy (non-hydrogen) atoms. The lowest BCUT2D eigenvalue weighted by Gasteiger charge is -2.23. The summed E-state index contributed by atoms with van der Waals surface area (Å²) in [6.07, 6.45) is 5.27. The second-order valence-corrected chi connectivity index (χ2v) is 3.79. The maximum atomic E-state index is 11.0. The van der Waals surface area contributed by atoms with E-state index in [0.717, 1.165) is 12.8 Å². The highest BCUT2D eigenvalue weighted by Crippen LogP contribution is 2.37. The zero-order valence-corrected chi connectivity index (χ0v) is 8.06. The molecule has 70 valence electrons. The van der Waals surface area contributed by atoms with Gasteiger partial charge in [-0.2, -0.15) is 0 Å². The minimum absolute atomic E-state index is 0.00652. The first-order valence-corrected chi connectivity index (χ1v) is 4.88. The van der Waals surface area contributed by atoms with E-state index in [-0.39, 0.29) is 11.4 Å². The summed E-state index contributed by atoms with van der Waals surface area (Å²) in [6.45, 7) is 4.99. The summed E-state index contributed by atoms with van der Waals surface area (Å²) in [7, 11) is 0. The van der Waals surface area contributed by atoms with Crippen LogP contribution in [0.2, 0.25) is 0 Å². The van der Waals surface area contributed by atoms with Crippen LogP contribution in [0, 0.1) is 5.41 Å². The van der Waals surface area contributed by atoms with Crippen molar-refractivity contribution >= 4 is 5.97 Å². The van der Waals surface area contributed by atoms with Gasteiger partial charge in [-0.05, 0) is 12.8 Å². The molecule has 0 N–H and O–H groups in total. The van der Waals surface area contributed by atoms with Crippen molar-refractivity contribution < 1.29 is 9.53 Å². The van der Waals surface area contributed by atoms with Crippen LogP contribution < -0.4 is 0 Å². The summed E-state index contributed by atoms with van der Waals surface area (Å²) in [4.78, 5) is 11.0. The van der Waals surface area contributed by atoms with Crippen molar-refractivity contribution in [1.82, 2.24) is 0 Å². The van der Waals surface area contributed by atoms with Gasteiger partial charge in [0.15, 0.2) is 0 Å². The van der Waals surface area contributed by atoms with Gasteiger partial charge < -0.3 is 4.74 Å². The number of carbonyl (C=O) groups is 1. The van der Waals surface area contributed by atoms with Gasteiger partial charge in [-0.3, -0.25) is 4.79 Å². The van der Waals surface area contributed by atoms with Crippen molar-refractivity contribution in [2.24, 2.45) is 5.41 Å². The summed E-state index contributed by atoms with van der Waals surface area (Å²) in [5, 5.41) is 0. The molecule has 0 aliphatic carbocycles. The van der Waals surface area contributed by atoms with Gasteiger partial charge in [0, 0.05) is 5.41 Å². The monoisotopic (exact) mass is 170 g/mol. The summed E-state index contributed by atoms with van der Waals surface area (Å²) in [5.41, 5.74) is 0.188. The summed E-state index contributed by atoms with van der Waals surface area (Å²) < 4.78 is 5.02. The fraction of sp³-hybridized carbons (Fsp3) is 0.900. The maximum absolute atomic E-state index is 11.0. The molecule has 0 aromatic rings. The zero-order valence-electron chi connectivity index (χ0n) is 8.06. The van der Waals surface area contributed by atoms with E-state index in [0.29, 0.717) is 13.0 Å². The fourth-order valence-corrected chi connectivity index (χ4v) is 1.76. The number of rotatable bonds is 4. The highest BCUT2D eigenvalue weighted by Gasteiger charge is 2.37. The highest BCUT2D eigenvalue weighted by atomic mass is 16.5. The minimum atomic E-state index is -0.00652. The number of cyclic esters (lactones) is 1. The average molecular weight is 170 g/mol.